The summed E-state index contributed by atoms with van der Waals surface area (Å²) in [6.45, 7) is 0. The van der Waals surface area contributed by atoms with E-state index in [-0.39, 0.29) is 0 Å². The van der Waals surface area contributed by atoms with Crippen LogP contribution >= 0.6 is 27.5 Å². The summed E-state index contributed by atoms with van der Waals surface area (Å²) in [5, 5.41) is 0.474. The molecule has 0 atom stereocenters. The third-order valence-corrected chi connectivity index (χ3v) is 2.14. The molecule has 0 aromatic carbocycles. The summed E-state index contributed by atoms with van der Waals surface area (Å²) in [7, 11) is 0. The minimum absolute atomic E-state index is 0.474. The van der Waals surface area contributed by atoms with Crippen LogP contribution in [-0.4, -0.2) is 14.5 Å². The van der Waals surface area contributed by atoms with Crippen molar-refractivity contribution in [3.63, 3.8) is 0 Å². The van der Waals surface area contributed by atoms with Gasteiger partial charge >= 0.3 is 0 Å². The lowest BCUT2D eigenvalue weighted by molar-refractivity contribution is 0.993. The van der Waals surface area contributed by atoms with E-state index >= 15 is 0 Å². The monoisotopic (exact) mass is 257 g/mol. The van der Waals surface area contributed by atoms with Gasteiger partial charge in [-0.15, -0.1) is 0 Å². The van der Waals surface area contributed by atoms with Gasteiger partial charge in [-0.05, 0) is 28.1 Å². The van der Waals surface area contributed by atoms with Crippen LogP contribution in [0.1, 0.15) is 0 Å². The zero-order valence-electron chi connectivity index (χ0n) is 6.48. The van der Waals surface area contributed by atoms with Gasteiger partial charge in [-0.25, -0.2) is 9.97 Å². The van der Waals surface area contributed by atoms with Crippen LogP contribution in [0.15, 0.2) is 35.3 Å². The number of pyridine rings is 1. The van der Waals surface area contributed by atoms with Gasteiger partial charge in [0, 0.05) is 6.20 Å². The van der Waals surface area contributed by atoms with Gasteiger partial charge in [-0.1, -0.05) is 17.7 Å². The average Bonchev–Trinajstić information content (AvgIpc) is 2.52. The van der Waals surface area contributed by atoms with Crippen LogP contribution in [0.3, 0.4) is 0 Å². The fourth-order valence-corrected chi connectivity index (χ4v) is 1.44. The molecule has 0 aliphatic heterocycles. The van der Waals surface area contributed by atoms with Crippen LogP contribution < -0.4 is 0 Å². The molecule has 5 heteroatoms. The molecule has 0 aliphatic carbocycles. The Morgan fingerprint density at radius 3 is 2.85 bits per heavy atom. The molecule has 0 unspecified atom stereocenters. The summed E-state index contributed by atoms with van der Waals surface area (Å²) < 4.78 is 2.56. The van der Waals surface area contributed by atoms with Crippen LogP contribution in [0.2, 0.25) is 5.15 Å². The van der Waals surface area contributed by atoms with Gasteiger partial charge in [0.05, 0.1) is 0 Å². The summed E-state index contributed by atoms with van der Waals surface area (Å²) >= 11 is 9.00. The second-order valence-electron chi connectivity index (χ2n) is 2.42. The standard InChI is InChI=1S/C8H5BrClN3/c9-6-4-13(5-11-6)8-3-1-2-7(10)12-8/h1-5H. The van der Waals surface area contributed by atoms with Gasteiger partial charge in [0.15, 0.2) is 0 Å². The Hall–Kier alpha value is -0.870. The van der Waals surface area contributed by atoms with Crippen LogP contribution in [-0.2, 0) is 0 Å². The van der Waals surface area contributed by atoms with Crippen molar-refractivity contribution in [3.05, 3.63) is 40.5 Å². The van der Waals surface area contributed by atoms with Gasteiger partial charge in [0.25, 0.3) is 0 Å². The molecular weight excluding hydrogens is 253 g/mol. The molecule has 2 aromatic heterocycles. The van der Waals surface area contributed by atoms with Gasteiger partial charge in [-0.2, -0.15) is 0 Å². The normalized spacial score (nSPS) is 10.3. The highest BCUT2D eigenvalue weighted by atomic mass is 79.9. The Kier molecular flexibility index (Phi) is 2.33. The van der Waals surface area contributed by atoms with Crippen molar-refractivity contribution >= 4 is 27.5 Å². The van der Waals surface area contributed by atoms with Gasteiger partial charge < -0.3 is 0 Å². The molecule has 0 N–H and O–H groups in total. The number of halogens is 2. The Labute approximate surface area is 88.5 Å². The van der Waals surface area contributed by atoms with E-state index in [2.05, 4.69) is 25.9 Å². The van der Waals surface area contributed by atoms with Crippen molar-refractivity contribution in [2.75, 3.05) is 0 Å². The SMILES string of the molecule is Clc1cccc(-n2cnc(Br)c2)n1. The minimum Gasteiger partial charge on any atom is -0.289 e. The zero-order valence-corrected chi connectivity index (χ0v) is 8.83. The molecule has 0 bridgehead atoms. The molecule has 0 saturated heterocycles. The van der Waals surface area contributed by atoms with Crippen molar-refractivity contribution in [2.45, 2.75) is 0 Å². The maximum absolute atomic E-state index is 5.74. The second kappa shape index (κ2) is 3.47. The summed E-state index contributed by atoms with van der Waals surface area (Å²) in [5.41, 5.74) is 0. The number of aromatic nitrogens is 3. The zero-order chi connectivity index (χ0) is 9.26. The van der Waals surface area contributed by atoms with E-state index in [1.54, 1.807) is 17.0 Å². The first-order valence-electron chi connectivity index (χ1n) is 3.58. The largest absolute Gasteiger partial charge is 0.289 e. The fraction of sp³-hybridized carbons (Fsp3) is 0. The molecule has 2 heterocycles. The quantitative estimate of drug-likeness (QED) is 0.736. The topological polar surface area (TPSA) is 30.7 Å². The minimum atomic E-state index is 0.474. The number of hydrogen-bond donors (Lipinski definition) is 0. The lowest BCUT2D eigenvalue weighted by Gasteiger charge is -1.99. The van der Waals surface area contributed by atoms with E-state index in [4.69, 9.17) is 11.6 Å². The van der Waals surface area contributed by atoms with Crippen molar-refractivity contribution in [1.82, 2.24) is 14.5 Å². The van der Waals surface area contributed by atoms with Crippen LogP contribution in [0.4, 0.5) is 0 Å². The van der Waals surface area contributed by atoms with Crippen LogP contribution in [0, 0.1) is 0 Å². The summed E-state index contributed by atoms with van der Waals surface area (Å²) in [4.78, 5) is 8.14. The number of hydrogen-bond acceptors (Lipinski definition) is 2. The molecule has 0 spiro atoms. The molecule has 2 rings (SSSR count). The van der Waals surface area contributed by atoms with Gasteiger partial charge in [-0.3, -0.25) is 4.57 Å². The maximum Gasteiger partial charge on any atom is 0.139 e. The van der Waals surface area contributed by atoms with E-state index in [0.717, 1.165) is 10.4 Å². The Morgan fingerprint density at radius 1 is 1.38 bits per heavy atom. The first-order valence-corrected chi connectivity index (χ1v) is 4.75. The van der Waals surface area contributed by atoms with E-state index < -0.39 is 0 Å². The van der Waals surface area contributed by atoms with Crippen molar-refractivity contribution in [1.29, 1.82) is 0 Å². The highest BCUT2D eigenvalue weighted by Crippen LogP contribution is 2.12. The average molecular weight is 259 g/mol. The first kappa shape index (κ1) is 8.72. The summed E-state index contributed by atoms with van der Waals surface area (Å²) in [5.74, 6) is 0.755. The molecule has 0 radical (unpaired) electrons. The van der Waals surface area contributed by atoms with E-state index in [9.17, 15) is 0 Å². The number of rotatable bonds is 1. The van der Waals surface area contributed by atoms with E-state index in [1.165, 1.54) is 0 Å². The summed E-state index contributed by atoms with van der Waals surface area (Å²) in [6, 6.07) is 5.44. The van der Waals surface area contributed by atoms with Crippen molar-refractivity contribution in [3.8, 4) is 5.82 Å². The predicted octanol–water partition coefficient (Wildman–Crippen LogP) is 2.68. The van der Waals surface area contributed by atoms with E-state index in [0.29, 0.717) is 5.15 Å². The van der Waals surface area contributed by atoms with E-state index in [1.807, 2.05) is 18.3 Å². The third kappa shape index (κ3) is 1.89. The van der Waals surface area contributed by atoms with Gasteiger partial charge in [0.1, 0.15) is 21.9 Å². The molecule has 13 heavy (non-hydrogen) atoms. The smallest absolute Gasteiger partial charge is 0.139 e. The van der Waals surface area contributed by atoms with Crippen molar-refractivity contribution < 1.29 is 0 Å². The molecule has 3 nitrogen and oxygen atoms in total. The fourth-order valence-electron chi connectivity index (χ4n) is 0.965. The van der Waals surface area contributed by atoms with Gasteiger partial charge in [0.2, 0.25) is 0 Å². The predicted molar refractivity (Wildman–Crippen MR) is 54.1 cm³/mol. The number of imidazole rings is 1. The molecular formula is C8H5BrClN3. The molecule has 0 fully saturated rings. The molecule has 2 aromatic rings. The van der Waals surface area contributed by atoms with Crippen LogP contribution in [0.25, 0.3) is 5.82 Å². The first-order chi connectivity index (χ1) is 6.25. The highest BCUT2D eigenvalue weighted by Gasteiger charge is 1.99. The van der Waals surface area contributed by atoms with Crippen molar-refractivity contribution in [2.24, 2.45) is 0 Å². The lowest BCUT2D eigenvalue weighted by Crippen LogP contribution is -1.93. The third-order valence-electron chi connectivity index (χ3n) is 1.52. The Bertz CT molecular complexity index is 427. The second-order valence-corrected chi connectivity index (χ2v) is 3.62. The Balaban J connectivity index is 2.46. The molecule has 66 valence electrons. The Morgan fingerprint density at radius 2 is 2.23 bits per heavy atom. The molecule has 0 aliphatic rings. The van der Waals surface area contributed by atoms with Crippen LogP contribution in [0.5, 0.6) is 0 Å². The molecule has 0 amide bonds. The molecule has 0 saturated carbocycles. The summed E-state index contributed by atoms with van der Waals surface area (Å²) in [6.07, 6.45) is 3.49. The highest BCUT2D eigenvalue weighted by molar-refractivity contribution is 9.10. The number of nitrogens with zero attached hydrogens (tertiary/aromatic N) is 3. The lowest BCUT2D eigenvalue weighted by atomic mass is 10.4. The maximum atomic E-state index is 5.74.